The molecule has 1 atom stereocenters. The summed E-state index contributed by atoms with van der Waals surface area (Å²) in [4.78, 5) is 22.0. The number of nitrogens with one attached hydrogen (secondary N) is 2. The summed E-state index contributed by atoms with van der Waals surface area (Å²) >= 11 is 0. The van der Waals surface area contributed by atoms with Crippen LogP contribution in [0.15, 0.2) is 12.2 Å². The number of hydrogen-bond donors (Lipinski definition) is 3. The maximum absolute atomic E-state index is 11.0. The van der Waals surface area contributed by atoms with E-state index >= 15 is 0 Å². The van der Waals surface area contributed by atoms with E-state index in [1.54, 1.807) is 13.8 Å². The SMILES string of the molecule is C=C(C)C(=O)NCC(=O)NCC(C)O. The molecule has 0 bridgehead atoms. The van der Waals surface area contributed by atoms with Gasteiger partial charge in [0.15, 0.2) is 0 Å². The smallest absolute Gasteiger partial charge is 0.246 e. The largest absolute Gasteiger partial charge is 0.392 e. The van der Waals surface area contributed by atoms with Crippen LogP contribution in [0.5, 0.6) is 0 Å². The Bertz CT molecular complexity index is 236. The Balaban J connectivity index is 3.64. The lowest BCUT2D eigenvalue weighted by Gasteiger charge is -2.07. The maximum atomic E-state index is 11.0. The molecule has 2 amide bonds. The first-order valence-corrected chi connectivity index (χ1v) is 4.32. The van der Waals surface area contributed by atoms with Crippen LogP contribution < -0.4 is 10.6 Å². The van der Waals surface area contributed by atoms with Crippen LogP contribution >= 0.6 is 0 Å². The summed E-state index contributed by atoms with van der Waals surface area (Å²) in [5.41, 5.74) is 0.355. The first kappa shape index (κ1) is 12.6. The highest BCUT2D eigenvalue weighted by molar-refractivity contribution is 5.94. The quantitative estimate of drug-likeness (QED) is 0.507. The second-order valence-electron chi connectivity index (χ2n) is 3.12. The van der Waals surface area contributed by atoms with E-state index in [4.69, 9.17) is 5.11 Å². The van der Waals surface area contributed by atoms with Crippen molar-refractivity contribution in [1.82, 2.24) is 10.6 Å². The van der Waals surface area contributed by atoms with Gasteiger partial charge in [0.25, 0.3) is 0 Å². The van der Waals surface area contributed by atoms with Crippen LogP contribution in [0, 0.1) is 0 Å². The van der Waals surface area contributed by atoms with Gasteiger partial charge in [-0.3, -0.25) is 9.59 Å². The highest BCUT2D eigenvalue weighted by Crippen LogP contribution is 1.84. The van der Waals surface area contributed by atoms with Gasteiger partial charge >= 0.3 is 0 Å². The fourth-order valence-electron chi connectivity index (χ4n) is 0.635. The van der Waals surface area contributed by atoms with Crippen LogP contribution in [0.25, 0.3) is 0 Å². The Kier molecular flexibility index (Phi) is 5.55. The summed E-state index contributed by atoms with van der Waals surface area (Å²) in [6, 6.07) is 0. The van der Waals surface area contributed by atoms with Crippen molar-refractivity contribution in [2.75, 3.05) is 13.1 Å². The van der Waals surface area contributed by atoms with Crippen LogP contribution in [0.4, 0.5) is 0 Å². The van der Waals surface area contributed by atoms with Crippen molar-refractivity contribution < 1.29 is 14.7 Å². The monoisotopic (exact) mass is 200 g/mol. The van der Waals surface area contributed by atoms with E-state index < -0.39 is 6.10 Å². The summed E-state index contributed by atoms with van der Waals surface area (Å²) in [6.45, 7) is 6.63. The molecular formula is C9H16N2O3. The topological polar surface area (TPSA) is 78.4 Å². The minimum Gasteiger partial charge on any atom is -0.392 e. The molecule has 5 nitrogen and oxygen atoms in total. The third-order valence-electron chi connectivity index (χ3n) is 1.39. The minimum atomic E-state index is -0.587. The average molecular weight is 200 g/mol. The molecule has 0 aromatic carbocycles. The van der Waals surface area contributed by atoms with Gasteiger partial charge in [0, 0.05) is 12.1 Å². The van der Waals surface area contributed by atoms with Crippen LogP contribution in [-0.4, -0.2) is 36.1 Å². The Morgan fingerprint density at radius 3 is 2.43 bits per heavy atom. The standard InChI is InChI=1S/C9H16N2O3/c1-6(2)9(14)11-5-8(13)10-4-7(3)12/h7,12H,1,4-5H2,2-3H3,(H,10,13)(H,11,14). The molecule has 0 aromatic rings. The number of carbonyl (C=O) groups excluding carboxylic acids is 2. The van der Waals surface area contributed by atoms with Crippen molar-refractivity contribution in [1.29, 1.82) is 0 Å². The van der Waals surface area contributed by atoms with Crippen molar-refractivity contribution >= 4 is 11.8 Å². The summed E-state index contributed by atoms with van der Waals surface area (Å²) in [5.74, 6) is -0.683. The number of aliphatic hydroxyl groups excluding tert-OH is 1. The zero-order chi connectivity index (χ0) is 11.1. The van der Waals surface area contributed by atoms with Gasteiger partial charge in [-0.2, -0.15) is 0 Å². The molecule has 0 spiro atoms. The molecule has 0 saturated heterocycles. The zero-order valence-corrected chi connectivity index (χ0v) is 8.46. The molecule has 0 fully saturated rings. The third-order valence-corrected chi connectivity index (χ3v) is 1.39. The van der Waals surface area contributed by atoms with Gasteiger partial charge < -0.3 is 15.7 Å². The molecule has 0 rings (SSSR count). The summed E-state index contributed by atoms with van der Waals surface area (Å²) < 4.78 is 0. The Labute approximate surface area is 83.2 Å². The van der Waals surface area contributed by atoms with Crippen LogP contribution in [-0.2, 0) is 9.59 Å². The van der Waals surface area contributed by atoms with Gasteiger partial charge in [0.05, 0.1) is 12.6 Å². The molecule has 0 heterocycles. The van der Waals surface area contributed by atoms with E-state index in [2.05, 4.69) is 17.2 Å². The third kappa shape index (κ3) is 6.19. The highest BCUT2D eigenvalue weighted by Gasteiger charge is 2.05. The van der Waals surface area contributed by atoms with E-state index in [9.17, 15) is 9.59 Å². The van der Waals surface area contributed by atoms with E-state index in [0.29, 0.717) is 5.57 Å². The van der Waals surface area contributed by atoms with Gasteiger partial charge in [-0.05, 0) is 13.8 Å². The van der Waals surface area contributed by atoms with Gasteiger partial charge in [-0.15, -0.1) is 0 Å². The van der Waals surface area contributed by atoms with E-state index in [1.165, 1.54) is 0 Å². The summed E-state index contributed by atoms with van der Waals surface area (Å²) in [6.07, 6.45) is -0.587. The number of amides is 2. The molecule has 0 aromatic heterocycles. The van der Waals surface area contributed by atoms with Gasteiger partial charge in [0.2, 0.25) is 11.8 Å². The fourth-order valence-corrected chi connectivity index (χ4v) is 0.635. The molecule has 80 valence electrons. The normalized spacial score (nSPS) is 11.6. The molecule has 0 radical (unpaired) electrons. The molecule has 0 saturated carbocycles. The minimum absolute atomic E-state index is 0.0988. The predicted octanol–water partition coefficient (Wildman–Crippen LogP) is -0.824. The molecule has 14 heavy (non-hydrogen) atoms. The zero-order valence-electron chi connectivity index (χ0n) is 8.46. The van der Waals surface area contributed by atoms with Crippen molar-refractivity contribution in [2.45, 2.75) is 20.0 Å². The Morgan fingerprint density at radius 1 is 1.43 bits per heavy atom. The molecule has 5 heteroatoms. The van der Waals surface area contributed by atoms with Crippen LogP contribution in [0.3, 0.4) is 0 Å². The summed E-state index contributed by atoms with van der Waals surface area (Å²) in [5, 5.41) is 13.7. The van der Waals surface area contributed by atoms with E-state index in [-0.39, 0.29) is 24.9 Å². The molecule has 0 aliphatic heterocycles. The molecular weight excluding hydrogens is 184 g/mol. The van der Waals surface area contributed by atoms with Crippen LogP contribution in [0.1, 0.15) is 13.8 Å². The molecule has 1 unspecified atom stereocenters. The van der Waals surface area contributed by atoms with E-state index in [0.717, 1.165) is 0 Å². The van der Waals surface area contributed by atoms with Crippen molar-refractivity contribution in [2.24, 2.45) is 0 Å². The lowest BCUT2D eigenvalue weighted by molar-refractivity contribution is -0.124. The lowest BCUT2D eigenvalue weighted by Crippen LogP contribution is -2.39. The first-order valence-electron chi connectivity index (χ1n) is 4.32. The van der Waals surface area contributed by atoms with Crippen molar-refractivity contribution in [3.8, 4) is 0 Å². The number of hydrogen-bond acceptors (Lipinski definition) is 3. The van der Waals surface area contributed by atoms with Gasteiger partial charge in [0.1, 0.15) is 0 Å². The van der Waals surface area contributed by atoms with Crippen LogP contribution in [0.2, 0.25) is 0 Å². The number of aliphatic hydroxyl groups is 1. The Hall–Kier alpha value is -1.36. The lowest BCUT2D eigenvalue weighted by atomic mass is 10.3. The van der Waals surface area contributed by atoms with Crippen molar-refractivity contribution in [3.05, 3.63) is 12.2 Å². The number of rotatable bonds is 5. The first-order chi connectivity index (χ1) is 6.43. The maximum Gasteiger partial charge on any atom is 0.246 e. The second-order valence-corrected chi connectivity index (χ2v) is 3.12. The predicted molar refractivity (Wildman–Crippen MR) is 52.5 cm³/mol. The molecule has 0 aliphatic carbocycles. The Morgan fingerprint density at radius 2 is 2.00 bits per heavy atom. The summed E-state index contributed by atoms with van der Waals surface area (Å²) in [7, 11) is 0. The van der Waals surface area contributed by atoms with Gasteiger partial charge in [-0.1, -0.05) is 6.58 Å². The van der Waals surface area contributed by atoms with E-state index in [1.807, 2.05) is 0 Å². The fraction of sp³-hybridized carbons (Fsp3) is 0.556. The highest BCUT2D eigenvalue weighted by atomic mass is 16.3. The van der Waals surface area contributed by atoms with Crippen molar-refractivity contribution in [3.63, 3.8) is 0 Å². The molecule has 3 N–H and O–H groups in total. The second kappa shape index (κ2) is 6.15. The average Bonchev–Trinajstić information content (AvgIpc) is 2.10. The molecule has 0 aliphatic rings. The number of carbonyl (C=O) groups is 2. The van der Waals surface area contributed by atoms with Gasteiger partial charge in [-0.25, -0.2) is 0 Å².